The Morgan fingerprint density at radius 1 is 1.09 bits per heavy atom. The Balaban J connectivity index is 1.68. The lowest BCUT2D eigenvalue weighted by Crippen LogP contribution is -2.24. The van der Waals surface area contributed by atoms with Crippen LogP contribution in [0.15, 0.2) is 53.7 Å². The molecule has 0 radical (unpaired) electrons. The molecule has 0 saturated carbocycles. The highest BCUT2D eigenvalue weighted by atomic mass is 19.4. The maximum atomic E-state index is 13.1. The first kappa shape index (κ1) is 22.0. The zero-order valence-electron chi connectivity index (χ0n) is 17.5. The molecule has 1 aromatic carbocycles. The van der Waals surface area contributed by atoms with E-state index in [2.05, 4.69) is 20.3 Å². The van der Waals surface area contributed by atoms with Gasteiger partial charge in [0, 0.05) is 17.8 Å². The van der Waals surface area contributed by atoms with Gasteiger partial charge in [0.15, 0.2) is 11.5 Å². The zero-order valence-corrected chi connectivity index (χ0v) is 17.5. The van der Waals surface area contributed by atoms with Crippen LogP contribution in [0.1, 0.15) is 35.8 Å². The van der Waals surface area contributed by atoms with Gasteiger partial charge < -0.3 is 11.1 Å². The number of nitrogens with zero attached hydrogens (tertiary/aromatic N) is 5. The van der Waals surface area contributed by atoms with Crippen LogP contribution in [-0.4, -0.2) is 30.0 Å². The summed E-state index contributed by atoms with van der Waals surface area (Å²) in [5.41, 5.74) is 5.99. The Morgan fingerprint density at radius 3 is 2.42 bits per heavy atom. The first-order valence-electron chi connectivity index (χ1n) is 9.76. The highest BCUT2D eigenvalue weighted by molar-refractivity contribution is 6.03. The summed E-state index contributed by atoms with van der Waals surface area (Å²) in [5.74, 6) is -0.776. The van der Waals surface area contributed by atoms with Gasteiger partial charge in [-0.2, -0.15) is 13.2 Å². The van der Waals surface area contributed by atoms with E-state index in [9.17, 15) is 22.8 Å². The van der Waals surface area contributed by atoms with Crippen molar-refractivity contribution in [1.82, 2.24) is 24.1 Å². The van der Waals surface area contributed by atoms with Crippen LogP contribution in [0.2, 0.25) is 0 Å². The number of anilines is 2. The van der Waals surface area contributed by atoms with Crippen LogP contribution in [0, 0.1) is 0 Å². The molecule has 0 bridgehead atoms. The lowest BCUT2D eigenvalue weighted by Gasteiger charge is -2.10. The summed E-state index contributed by atoms with van der Waals surface area (Å²) in [6.07, 6.45) is -2.32. The van der Waals surface area contributed by atoms with Gasteiger partial charge in [-0.1, -0.05) is 0 Å². The van der Waals surface area contributed by atoms with Gasteiger partial charge in [-0.05, 0) is 50.2 Å². The SMILES string of the molecule is CC(C)n1c(=O)n(-c2ccc(C(=O)Nc3cc(C(F)(F)F)ccn3)cc2)c2c(N)ncnc21. The molecule has 0 spiro atoms. The van der Waals surface area contributed by atoms with Gasteiger partial charge in [0.05, 0.1) is 11.3 Å². The summed E-state index contributed by atoms with van der Waals surface area (Å²) in [6.45, 7) is 3.66. The number of nitrogens with two attached hydrogens (primary N) is 1. The molecule has 3 N–H and O–H groups in total. The minimum absolute atomic E-state index is 0.119. The molecule has 9 nitrogen and oxygen atoms in total. The quantitative estimate of drug-likeness (QED) is 0.485. The molecular weight excluding hydrogens is 439 g/mol. The van der Waals surface area contributed by atoms with Crippen LogP contribution in [0.5, 0.6) is 0 Å². The number of aromatic nitrogens is 5. The van der Waals surface area contributed by atoms with Crippen molar-refractivity contribution in [2.24, 2.45) is 0 Å². The third-order valence-corrected chi connectivity index (χ3v) is 4.91. The third-order valence-electron chi connectivity index (χ3n) is 4.91. The van der Waals surface area contributed by atoms with Crippen molar-refractivity contribution in [2.45, 2.75) is 26.1 Å². The van der Waals surface area contributed by atoms with E-state index in [1.807, 2.05) is 13.8 Å². The predicted octanol–water partition coefficient (Wildman–Crippen LogP) is 3.41. The fraction of sp³-hybridized carbons (Fsp3) is 0.190. The van der Waals surface area contributed by atoms with E-state index in [-0.39, 0.29) is 28.9 Å². The maximum Gasteiger partial charge on any atom is 0.416 e. The van der Waals surface area contributed by atoms with E-state index in [1.165, 1.54) is 39.7 Å². The number of amides is 1. The Bertz CT molecular complexity index is 1410. The number of rotatable bonds is 4. The number of pyridine rings is 1. The molecule has 0 saturated heterocycles. The van der Waals surface area contributed by atoms with E-state index in [0.717, 1.165) is 18.3 Å². The summed E-state index contributed by atoms with van der Waals surface area (Å²) in [7, 11) is 0. The molecule has 0 unspecified atom stereocenters. The molecule has 170 valence electrons. The number of hydrogen-bond acceptors (Lipinski definition) is 6. The molecule has 4 rings (SSSR count). The highest BCUT2D eigenvalue weighted by Crippen LogP contribution is 2.30. The lowest BCUT2D eigenvalue weighted by atomic mass is 10.2. The minimum Gasteiger partial charge on any atom is -0.382 e. The fourth-order valence-corrected chi connectivity index (χ4v) is 3.40. The summed E-state index contributed by atoms with van der Waals surface area (Å²) in [5, 5.41) is 2.34. The Labute approximate surface area is 184 Å². The van der Waals surface area contributed by atoms with Gasteiger partial charge in [-0.25, -0.2) is 19.7 Å². The second-order valence-electron chi connectivity index (χ2n) is 7.44. The number of hydrogen-bond donors (Lipinski definition) is 2. The van der Waals surface area contributed by atoms with Crippen LogP contribution in [0.25, 0.3) is 16.9 Å². The monoisotopic (exact) mass is 457 g/mol. The van der Waals surface area contributed by atoms with E-state index in [4.69, 9.17) is 5.73 Å². The largest absolute Gasteiger partial charge is 0.416 e. The first-order valence-corrected chi connectivity index (χ1v) is 9.76. The molecule has 3 aromatic heterocycles. The second-order valence-corrected chi connectivity index (χ2v) is 7.44. The third kappa shape index (κ3) is 4.02. The standard InChI is InChI=1S/C21H18F3N7O2/c1-11(2)30-18-16(17(25)27-10-28-18)31(20(30)33)14-5-3-12(4-6-14)19(32)29-15-9-13(7-8-26-15)21(22,23)24/h3-11H,1-2H3,(H2,25,27,28)(H,26,29,32). The summed E-state index contributed by atoms with van der Waals surface area (Å²) < 4.78 is 41.4. The van der Waals surface area contributed by atoms with E-state index >= 15 is 0 Å². The van der Waals surface area contributed by atoms with Gasteiger partial charge in [0.25, 0.3) is 5.91 Å². The molecular formula is C21H18F3N7O2. The molecule has 0 aliphatic carbocycles. The van der Waals surface area contributed by atoms with Gasteiger partial charge in [-0.3, -0.25) is 13.9 Å². The second kappa shape index (κ2) is 8.04. The number of halogens is 3. The Kier molecular flexibility index (Phi) is 5.36. The number of imidazole rings is 1. The maximum absolute atomic E-state index is 13.1. The lowest BCUT2D eigenvalue weighted by molar-refractivity contribution is -0.137. The Morgan fingerprint density at radius 2 is 1.79 bits per heavy atom. The van der Waals surface area contributed by atoms with E-state index < -0.39 is 17.6 Å². The van der Waals surface area contributed by atoms with Gasteiger partial charge in [0.1, 0.15) is 17.7 Å². The zero-order chi connectivity index (χ0) is 23.9. The van der Waals surface area contributed by atoms with Crippen LogP contribution in [0.4, 0.5) is 24.8 Å². The first-order chi connectivity index (χ1) is 15.6. The van der Waals surface area contributed by atoms with Gasteiger partial charge >= 0.3 is 11.9 Å². The predicted molar refractivity (Wildman–Crippen MR) is 115 cm³/mol. The van der Waals surface area contributed by atoms with Crippen molar-refractivity contribution in [1.29, 1.82) is 0 Å². The van der Waals surface area contributed by atoms with Crippen molar-refractivity contribution >= 4 is 28.7 Å². The van der Waals surface area contributed by atoms with Crippen molar-refractivity contribution in [2.75, 3.05) is 11.1 Å². The number of alkyl halides is 3. The van der Waals surface area contributed by atoms with Crippen LogP contribution in [0.3, 0.4) is 0 Å². The van der Waals surface area contributed by atoms with Gasteiger partial charge in [-0.15, -0.1) is 0 Å². The molecule has 1 amide bonds. The number of carbonyl (C=O) groups is 1. The highest BCUT2D eigenvalue weighted by Gasteiger charge is 2.31. The molecule has 0 aliphatic rings. The average molecular weight is 457 g/mol. The molecule has 33 heavy (non-hydrogen) atoms. The van der Waals surface area contributed by atoms with Crippen molar-refractivity contribution in [3.63, 3.8) is 0 Å². The molecule has 0 fully saturated rings. The minimum atomic E-state index is -4.56. The topological polar surface area (TPSA) is 121 Å². The van der Waals surface area contributed by atoms with Gasteiger partial charge in [0.2, 0.25) is 0 Å². The van der Waals surface area contributed by atoms with Crippen LogP contribution >= 0.6 is 0 Å². The molecule has 0 aliphatic heterocycles. The smallest absolute Gasteiger partial charge is 0.382 e. The fourth-order valence-electron chi connectivity index (χ4n) is 3.40. The molecule has 12 heteroatoms. The summed E-state index contributed by atoms with van der Waals surface area (Å²) in [6, 6.07) is 7.27. The summed E-state index contributed by atoms with van der Waals surface area (Å²) in [4.78, 5) is 37.5. The molecule has 3 heterocycles. The number of benzene rings is 1. The summed E-state index contributed by atoms with van der Waals surface area (Å²) >= 11 is 0. The van der Waals surface area contributed by atoms with E-state index in [1.54, 1.807) is 0 Å². The molecule has 4 aromatic rings. The average Bonchev–Trinajstić information content (AvgIpc) is 3.06. The number of carbonyl (C=O) groups excluding carboxylic acids is 1. The number of nitrogen functional groups attached to an aromatic ring is 1. The van der Waals surface area contributed by atoms with Crippen LogP contribution in [-0.2, 0) is 6.18 Å². The van der Waals surface area contributed by atoms with Crippen molar-refractivity contribution < 1.29 is 18.0 Å². The normalized spacial score (nSPS) is 11.8. The number of nitrogens with one attached hydrogen (secondary N) is 1. The number of fused-ring (bicyclic) bond motifs is 1. The van der Waals surface area contributed by atoms with E-state index in [0.29, 0.717) is 16.9 Å². The van der Waals surface area contributed by atoms with Crippen molar-refractivity contribution in [3.05, 3.63) is 70.5 Å². The van der Waals surface area contributed by atoms with Crippen molar-refractivity contribution in [3.8, 4) is 5.69 Å². The van der Waals surface area contributed by atoms with Crippen LogP contribution < -0.4 is 16.7 Å². The Hall–Kier alpha value is -4.22. The molecule has 0 atom stereocenters.